The molecule has 4 nitrogen and oxygen atoms in total. The van der Waals surface area contributed by atoms with E-state index in [-0.39, 0.29) is 6.17 Å². The molecule has 3 rings (SSSR count). The first-order valence-corrected chi connectivity index (χ1v) is 8.48. The molecule has 0 fully saturated rings. The summed E-state index contributed by atoms with van der Waals surface area (Å²) in [4.78, 5) is 11.6. The minimum atomic E-state index is 0.248. The van der Waals surface area contributed by atoms with Crippen LogP contribution in [0.25, 0.3) is 0 Å². The highest BCUT2D eigenvalue weighted by Gasteiger charge is 2.35. The van der Waals surface area contributed by atoms with Gasteiger partial charge < -0.3 is 10.2 Å². The summed E-state index contributed by atoms with van der Waals surface area (Å²) in [6, 6.07) is 10.3. The number of halogens is 1. The van der Waals surface area contributed by atoms with Crippen LogP contribution >= 0.6 is 15.9 Å². The average molecular weight is 361 g/mol. The summed E-state index contributed by atoms with van der Waals surface area (Å²) in [5, 5.41) is 3.50. The van der Waals surface area contributed by atoms with Crippen molar-refractivity contribution in [3.8, 4) is 0 Å². The van der Waals surface area contributed by atoms with Gasteiger partial charge in [0.25, 0.3) is 0 Å². The van der Waals surface area contributed by atoms with E-state index in [1.54, 1.807) is 0 Å². The van der Waals surface area contributed by atoms with E-state index in [1.807, 2.05) is 18.2 Å². The van der Waals surface area contributed by atoms with Gasteiger partial charge in [0.1, 0.15) is 6.17 Å². The lowest BCUT2D eigenvalue weighted by Crippen LogP contribution is -2.56. The maximum Gasteiger partial charge on any atom is 0.219 e. The van der Waals surface area contributed by atoms with Crippen molar-refractivity contribution in [1.82, 2.24) is 10.2 Å². The summed E-state index contributed by atoms with van der Waals surface area (Å²) in [7, 11) is 0. The zero-order chi connectivity index (χ0) is 15.5. The SMILES string of the molecule is CCN1C=C(Br)CC2C(C)=NC(=NCc3ccccc3)NC21. The van der Waals surface area contributed by atoms with Gasteiger partial charge in [-0.3, -0.25) is 0 Å². The second-order valence-electron chi connectivity index (χ2n) is 5.68. The van der Waals surface area contributed by atoms with Crippen LogP contribution in [0.2, 0.25) is 0 Å². The third-order valence-electron chi connectivity index (χ3n) is 4.17. The lowest BCUT2D eigenvalue weighted by Gasteiger charge is -2.42. The molecule has 2 unspecified atom stereocenters. The Labute approximate surface area is 140 Å². The summed E-state index contributed by atoms with van der Waals surface area (Å²) in [5.74, 6) is 1.14. The number of benzene rings is 1. The molecule has 0 amide bonds. The van der Waals surface area contributed by atoms with E-state index >= 15 is 0 Å². The highest BCUT2D eigenvalue weighted by molar-refractivity contribution is 9.11. The molecule has 0 spiro atoms. The van der Waals surface area contributed by atoms with E-state index in [2.05, 4.69) is 68.3 Å². The number of allylic oxidation sites excluding steroid dienone is 1. The Morgan fingerprint density at radius 2 is 2.14 bits per heavy atom. The summed E-state index contributed by atoms with van der Waals surface area (Å²) in [6.45, 7) is 5.89. The van der Waals surface area contributed by atoms with Crippen LogP contribution in [0.4, 0.5) is 0 Å². The molecular formula is C17H21BrN4. The van der Waals surface area contributed by atoms with E-state index in [4.69, 9.17) is 0 Å². The van der Waals surface area contributed by atoms with Crippen LogP contribution in [0.15, 0.2) is 51.0 Å². The summed E-state index contributed by atoms with van der Waals surface area (Å²) in [6.07, 6.45) is 3.43. The zero-order valence-corrected chi connectivity index (χ0v) is 14.5. The number of hydrogen-bond donors (Lipinski definition) is 1. The second kappa shape index (κ2) is 6.65. The highest BCUT2D eigenvalue weighted by atomic mass is 79.9. The Morgan fingerprint density at radius 3 is 2.86 bits per heavy atom. The molecule has 1 aromatic carbocycles. The number of hydrogen-bond acceptors (Lipinski definition) is 2. The van der Waals surface area contributed by atoms with Gasteiger partial charge in [0.2, 0.25) is 5.96 Å². The molecule has 2 aliphatic rings. The molecule has 1 N–H and O–H groups in total. The zero-order valence-electron chi connectivity index (χ0n) is 13.0. The van der Waals surface area contributed by atoms with E-state index in [1.165, 1.54) is 10.0 Å². The van der Waals surface area contributed by atoms with Crippen LogP contribution in [-0.4, -0.2) is 29.3 Å². The fraction of sp³-hybridized carbons (Fsp3) is 0.412. The number of rotatable bonds is 3. The Morgan fingerprint density at radius 1 is 1.36 bits per heavy atom. The third-order valence-corrected chi connectivity index (χ3v) is 4.70. The molecular weight excluding hydrogens is 340 g/mol. The Kier molecular flexibility index (Phi) is 4.62. The second-order valence-corrected chi connectivity index (χ2v) is 6.70. The van der Waals surface area contributed by atoms with Gasteiger partial charge >= 0.3 is 0 Å². The molecule has 5 heteroatoms. The third kappa shape index (κ3) is 3.24. The van der Waals surface area contributed by atoms with Crippen LogP contribution in [0.3, 0.4) is 0 Å². The smallest absolute Gasteiger partial charge is 0.219 e. The predicted molar refractivity (Wildman–Crippen MR) is 95.1 cm³/mol. The van der Waals surface area contributed by atoms with E-state index in [0.717, 1.165) is 24.6 Å². The Hall–Kier alpha value is -1.62. The minimum absolute atomic E-state index is 0.248. The van der Waals surface area contributed by atoms with Crippen molar-refractivity contribution >= 4 is 27.6 Å². The average Bonchev–Trinajstić information content (AvgIpc) is 2.54. The van der Waals surface area contributed by atoms with Gasteiger partial charge in [-0.1, -0.05) is 46.3 Å². The van der Waals surface area contributed by atoms with Gasteiger partial charge in [0.05, 0.1) is 6.54 Å². The fourth-order valence-electron chi connectivity index (χ4n) is 2.96. The van der Waals surface area contributed by atoms with Crippen LogP contribution < -0.4 is 5.32 Å². The van der Waals surface area contributed by atoms with Gasteiger partial charge in [-0.15, -0.1) is 0 Å². The van der Waals surface area contributed by atoms with Crippen LogP contribution in [0.5, 0.6) is 0 Å². The monoisotopic (exact) mass is 360 g/mol. The maximum absolute atomic E-state index is 4.67. The number of fused-ring (bicyclic) bond motifs is 1. The molecule has 0 aromatic heterocycles. The van der Waals surface area contributed by atoms with E-state index < -0.39 is 0 Å². The molecule has 0 bridgehead atoms. The van der Waals surface area contributed by atoms with Gasteiger partial charge in [-0.2, -0.15) is 0 Å². The summed E-state index contributed by atoms with van der Waals surface area (Å²) >= 11 is 3.64. The highest BCUT2D eigenvalue weighted by Crippen LogP contribution is 2.31. The van der Waals surface area contributed by atoms with Gasteiger partial charge in [0, 0.05) is 28.9 Å². The first kappa shape index (κ1) is 15.3. The van der Waals surface area contributed by atoms with Crippen molar-refractivity contribution < 1.29 is 0 Å². The molecule has 2 aliphatic heterocycles. The van der Waals surface area contributed by atoms with Crippen LogP contribution in [-0.2, 0) is 6.54 Å². The van der Waals surface area contributed by atoms with Crippen molar-refractivity contribution in [3.63, 3.8) is 0 Å². The number of nitrogens with one attached hydrogen (secondary N) is 1. The predicted octanol–water partition coefficient (Wildman–Crippen LogP) is 3.51. The van der Waals surface area contributed by atoms with Gasteiger partial charge in [-0.05, 0) is 25.8 Å². The molecule has 0 radical (unpaired) electrons. The van der Waals surface area contributed by atoms with Crippen molar-refractivity contribution in [2.75, 3.05) is 6.54 Å². The first-order valence-electron chi connectivity index (χ1n) is 7.69. The van der Waals surface area contributed by atoms with Crippen molar-refractivity contribution in [2.24, 2.45) is 15.9 Å². The summed E-state index contributed by atoms with van der Waals surface area (Å²) < 4.78 is 1.23. The molecule has 0 saturated heterocycles. The largest absolute Gasteiger partial charge is 0.356 e. The van der Waals surface area contributed by atoms with Crippen molar-refractivity contribution in [2.45, 2.75) is 33.0 Å². The molecule has 116 valence electrons. The van der Waals surface area contributed by atoms with Crippen molar-refractivity contribution in [1.29, 1.82) is 0 Å². The molecule has 2 heterocycles. The molecule has 2 atom stereocenters. The molecule has 0 saturated carbocycles. The van der Waals surface area contributed by atoms with Crippen molar-refractivity contribution in [3.05, 3.63) is 46.6 Å². The first-order chi connectivity index (χ1) is 10.7. The van der Waals surface area contributed by atoms with Gasteiger partial charge in [-0.25, -0.2) is 9.98 Å². The van der Waals surface area contributed by atoms with Crippen LogP contribution in [0.1, 0.15) is 25.8 Å². The summed E-state index contributed by atoms with van der Waals surface area (Å²) in [5.41, 5.74) is 2.35. The molecule has 22 heavy (non-hydrogen) atoms. The quantitative estimate of drug-likeness (QED) is 0.895. The standard InChI is InChI=1S/C17H21BrN4/c1-3-22-11-14(18)9-15-12(2)20-17(21-16(15)22)19-10-13-7-5-4-6-8-13/h4-8,11,15-16H,3,9-10H2,1-2H3,(H,19,21). The van der Waals surface area contributed by atoms with Gasteiger partial charge in [0.15, 0.2) is 0 Å². The van der Waals surface area contributed by atoms with Crippen LogP contribution in [0, 0.1) is 5.92 Å². The normalized spacial score (nSPS) is 26.1. The number of guanidine groups is 1. The number of aliphatic imine (C=N–C) groups is 2. The Balaban J connectivity index is 1.79. The lowest BCUT2D eigenvalue weighted by molar-refractivity contribution is 0.207. The topological polar surface area (TPSA) is 40.0 Å². The number of nitrogens with zero attached hydrogens (tertiary/aromatic N) is 3. The van der Waals surface area contributed by atoms with E-state index in [0.29, 0.717) is 12.5 Å². The van der Waals surface area contributed by atoms with E-state index in [9.17, 15) is 0 Å². The molecule has 1 aromatic rings. The molecule has 0 aliphatic carbocycles. The maximum atomic E-state index is 4.67. The lowest BCUT2D eigenvalue weighted by atomic mass is 9.92. The minimum Gasteiger partial charge on any atom is -0.356 e. The Bertz CT molecular complexity index is 621. The fourth-order valence-corrected chi connectivity index (χ4v) is 3.57.